The number of rotatable bonds is 6. The highest BCUT2D eigenvalue weighted by molar-refractivity contribution is 6.18. The van der Waals surface area contributed by atoms with Gasteiger partial charge in [0.2, 0.25) is 5.96 Å². The average molecular weight is 549 g/mol. The van der Waals surface area contributed by atoms with Crippen molar-refractivity contribution in [1.82, 2.24) is 19.4 Å². The number of halogens is 5. The number of anilines is 1. The molecule has 1 amide bonds. The molecule has 3 aromatic rings. The van der Waals surface area contributed by atoms with Gasteiger partial charge in [-0.15, -0.1) is 0 Å². The lowest BCUT2D eigenvalue weighted by atomic mass is 10.0. The van der Waals surface area contributed by atoms with Crippen molar-refractivity contribution in [3.05, 3.63) is 65.1 Å². The van der Waals surface area contributed by atoms with Gasteiger partial charge in [0.05, 0.1) is 19.1 Å². The van der Waals surface area contributed by atoms with Crippen LogP contribution in [0.2, 0.25) is 0 Å². The van der Waals surface area contributed by atoms with Crippen molar-refractivity contribution in [3.63, 3.8) is 0 Å². The zero-order valence-corrected chi connectivity index (χ0v) is 20.9. The predicted octanol–water partition coefficient (Wildman–Crippen LogP) is 5.99. The third-order valence-electron chi connectivity index (χ3n) is 7.03. The molecule has 0 bridgehead atoms. The largest absolute Gasteiger partial charge is 0.433 e. The number of hydrogen-bond donors (Lipinski definition) is 0. The summed E-state index contributed by atoms with van der Waals surface area (Å²) >= 11 is 0. The van der Waals surface area contributed by atoms with Gasteiger partial charge in [0.15, 0.2) is 17.3 Å². The molecular weight excluding hydrogens is 519 g/mol. The predicted molar refractivity (Wildman–Crippen MR) is 137 cm³/mol. The maximum absolute atomic E-state index is 14.1. The molecule has 208 valence electrons. The summed E-state index contributed by atoms with van der Waals surface area (Å²) < 4.78 is 68.7. The molecule has 0 saturated carbocycles. The van der Waals surface area contributed by atoms with Crippen molar-refractivity contribution in [2.24, 2.45) is 10.9 Å². The van der Waals surface area contributed by atoms with Crippen molar-refractivity contribution in [2.75, 3.05) is 18.0 Å². The number of aliphatic imine (C=N–C) groups is 1. The van der Waals surface area contributed by atoms with Gasteiger partial charge in [0.25, 0.3) is 5.91 Å². The summed E-state index contributed by atoms with van der Waals surface area (Å²) in [4.78, 5) is 29.9. The van der Waals surface area contributed by atoms with Crippen molar-refractivity contribution >= 4 is 17.7 Å². The second-order valence-corrected chi connectivity index (χ2v) is 9.41. The Kier molecular flexibility index (Phi) is 7.50. The Hall–Kier alpha value is -3.83. The molecule has 0 saturated heterocycles. The van der Waals surface area contributed by atoms with E-state index < -0.39 is 29.4 Å². The normalized spacial score (nSPS) is 17.5. The van der Waals surface area contributed by atoms with Crippen LogP contribution in [0.1, 0.15) is 56.4 Å². The van der Waals surface area contributed by atoms with Crippen LogP contribution in [0.3, 0.4) is 0 Å². The Bertz CT molecular complexity index is 1420. The molecule has 1 aromatic carbocycles. The van der Waals surface area contributed by atoms with Gasteiger partial charge in [-0.2, -0.15) is 13.2 Å². The highest BCUT2D eigenvalue weighted by atomic mass is 19.4. The summed E-state index contributed by atoms with van der Waals surface area (Å²) in [6, 6.07) is 5.43. The highest BCUT2D eigenvalue weighted by Gasteiger charge is 2.44. The lowest BCUT2D eigenvalue weighted by molar-refractivity contribution is -0.141. The topological polar surface area (TPSA) is 66.6 Å². The van der Waals surface area contributed by atoms with Crippen LogP contribution in [-0.2, 0) is 12.7 Å². The molecule has 0 aliphatic carbocycles. The smallest absolute Gasteiger partial charge is 0.305 e. The van der Waals surface area contributed by atoms with E-state index in [9.17, 15) is 26.7 Å². The molecule has 7 nitrogen and oxygen atoms in total. The van der Waals surface area contributed by atoms with Gasteiger partial charge < -0.3 is 4.57 Å². The van der Waals surface area contributed by atoms with Gasteiger partial charge in [-0.3, -0.25) is 19.6 Å². The number of amides is 1. The summed E-state index contributed by atoms with van der Waals surface area (Å²) in [7, 11) is 0. The molecule has 0 radical (unpaired) electrons. The van der Waals surface area contributed by atoms with E-state index in [1.165, 1.54) is 17.0 Å². The van der Waals surface area contributed by atoms with Gasteiger partial charge in [-0.1, -0.05) is 33.8 Å². The molecule has 0 spiro atoms. The van der Waals surface area contributed by atoms with E-state index in [1.807, 2.05) is 11.8 Å². The minimum Gasteiger partial charge on any atom is -0.305 e. The van der Waals surface area contributed by atoms with Crippen molar-refractivity contribution in [2.45, 2.75) is 53.4 Å². The van der Waals surface area contributed by atoms with Crippen LogP contribution in [0, 0.1) is 17.6 Å². The quantitative estimate of drug-likeness (QED) is 0.355. The molecule has 0 fully saturated rings. The Balaban J connectivity index is 0.00000353. The summed E-state index contributed by atoms with van der Waals surface area (Å²) in [6.45, 7) is 6.74. The number of fused-ring (bicyclic) bond motifs is 3. The van der Waals surface area contributed by atoms with E-state index in [-0.39, 0.29) is 43.0 Å². The van der Waals surface area contributed by atoms with Gasteiger partial charge in [-0.25, -0.2) is 18.8 Å². The fourth-order valence-corrected chi connectivity index (χ4v) is 4.75. The summed E-state index contributed by atoms with van der Waals surface area (Å²) in [5, 5.41) is 0. The number of benzene rings is 1. The SMILES string of the molecule is C.CC[C@H](C)[C@@H]1CN2C(=N1)N(CC)C(=O)c1nc(-c3ccc(C(F)(F)F)nc3)n(Cc3ccc(F)c(F)c3)c12. The number of alkyl halides is 3. The number of imidazole rings is 1. The van der Waals surface area contributed by atoms with Crippen LogP contribution in [-0.4, -0.2) is 50.4 Å². The second kappa shape index (κ2) is 10.4. The lowest BCUT2D eigenvalue weighted by Crippen LogP contribution is -2.50. The maximum atomic E-state index is 14.1. The molecule has 2 atom stereocenters. The molecule has 2 aliphatic rings. The van der Waals surface area contributed by atoms with E-state index in [4.69, 9.17) is 4.99 Å². The Morgan fingerprint density at radius 2 is 1.85 bits per heavy atom. The summed E-state index contributed by atoms with van der Waals surface area (Å²) in [5.74, 6) is -1.16. The molecule has 12 heteroatoms. The van der Waals surface area contributed by atoms with Crippen LogP contribution < -0.4 is 4.90 Å². The molecule has 5 rings (SSSR count). The number of aromatic nitrogens is 3. The van der Waals surface area contributed by atoms with Crippen LogP contribution in [0.4, 0.5) is 27.8 Å². The number of guanidine groups is 1. The van der Waals surface area contributed by atoms with Crippen molar-refractivity contribution < 1.29 is 26.7 Å². The number of hydrogen-bond acceptors (Lipinski definition) is 5. The van der Waals surface area contributed by atoms with Crippen LogP contribution in [0.25, 0.3) is 11.4 Å². The minimum absolute atomic E-state index is 0. The average Bonchev–Trinajstić information content (AvgIpc) is 3.48. The van der Waals surface area contributed by atoms with E-state index in [1.54, 1.807) is 4.57 Å². The first-order valence-corrected chi connectivity index (χ1v) is 12.3. The zero-order chi connectivity index (χ0) is 27.4. The first-order chi connectivity index (χ1) is 18.0. The van der Waals surface area contributed by atoms with Gasteiger partial charge >= 0.3 is 6.18 Å². The van der Waals surface area contributed by atoms with Crippen LogP contribution >= 0.6 is 0 Å². The fraction of sp³-hybridized carbons (Fsp3) is 0.407. The second-order valence-electron chi connectivity index (χ2n) is 9.41. The van der Waals surface area contributed by atoms with Crippen molar-refractivity contribution in [3.8, 4) is 11.4 Å². The first-order valence-electron chi connectivity index (χ1n) is 12.3. The fourth-order valence-electron chi connectivity index (χ4n) is 4.75. The minimum atomic E-state index is -4.62. The number of pyridine rings is 1. The van der Waals surface area contributed by atoms with Gasteiger partial charge in [0.1, 0.15) is 17.3 Å². The lowest BCUT2D eigenvalue weighted by Gasteiger charge is -2.34. The van der Waals surface area contributed by atoms with Crippen LogP contribution in [0.5, 0.6) is 0 Å². The van der Waals surface area contributed by atoms with Crippen LogP contribution in [0.15, 0.2) is 41.5 Å². The summed E-state index contributed by atoms with van der Waals surface area (Å²) in [5.41, 5.74) is -0.342. The molecule has 4 heterocycles. The van der Waals surface area contributed by atoms with Gasteiger partial charge in [-0.05, 0) is 42.7 Å². The van der Waals surface area contributed by atoms with E-state index in [2.05, 4.69) is 23.8 Å². The third kappa shape index (κ3) is 4.87. The first kappa shape index (κ1) is 28.2. The maximum Gasteiger partial charge on any atom is 0.433 e. The molecule has 2 aromatic heterocycles. The number of carbonyl (C=O) groups excluding carboxylic acids is 1. The summed E-state index contributed by atoms with van der Waals surface area (Å²) in [6.07, 6.45) is -2.71. The Morgan fingerprint density at radius 1 is 1.10 bits per heavy atom. The molecule has 0 N–H and O–H groups in total. The standard InChI is InChI=1S/C26H25F5N6O.CH4/c1-4-14(3)19-13-37-23-21(24(38)35(5-2)25(37)33-19)34-22(16-7-9-20(32-11-16)26(29,30)31)36(23)12-15-6-8-17(27)18(28)10-15;/h6-11,14,19H,4-5,12-13H2,1-3H3;1H4/t14-,19-;/m0./s1. The molecule has 2 aliphatic heterocycles. The third-order valence-corrected chi connectivity index (χ3v) is 7.03. The Morgan fingerprint density at radius 3 is 2.44 bits per heavy atom. The monoisotopic (exact) mass is 548 g/mol. The number of nitrogens with zero attached hydrogens (tertiary/aromatic N) is 6. The van der Waals surface area contributed by atoms with E-state index in [0.717, 1.165) is 30.8 Å². The molecule has 39 heavy (non-hydrogen) atoms. The number of carbonyl (C=O) groups is 1. The molecule has 0 unspecified atom stereocenters. The highest BCUT2D eigenvalue weighted by Crippen LogP contribution is 2.38. The van der Waals surface area contributed by atoms with E-state index in [0.29, 0.717) is 30.4 Å². The Labute approximate surface area is 223 Å². The van der Waals surface area contributed by atoms with Crippen molar-refractivity contribution in [1.29, 1.82) is 0 Å². The zero-order valence-electron chi connectivity index (χ0n) is 20.9. The van der Waals surface area contributed by atoms with E-state index >= 15 is 0 Å². The molecular formula is C27H29F5N6O. The van der Waals surface area contributed by atoms with Gasteiger partial charge in [0, 0.05) is 18.3 Å².